The fourth-order valence-electron chi connectivity index (χ4n) is 2.77. The van der Waals surface area contributed by atoms with Crippen molar-refractivity contribution in [2.45, 2.75) is 26.7 Å². The summed E-state index contributed by atoms with van der Waals surface area (Å²) in [5.41, 5.74) is 1.50. The van der Waals surface area contributed by atoms with E-state index in [1.165, 1.54) is 7.11 Å². The van der Waals surface area contributed by atoms with Crippen molar-refractivity contribution in [1.29, 1.82) is 0 Å². The number of ether oxygens (including phenoxy) is 1. The molecule has 1 heterocycles. The summed E-state index contributed by atoms with van der Waals surface area (Å²) in [6.45, 7) is 5.60. The molecule has 0 aromatic heterocycles. The highest BCUT2D eigenvalue weighted by atomic mass is 16.5. The minimum Gasteiger partial charge on any atom is -0.465 e. The highest BCUT2D eigenvalue weighted by Gasteiger charge is 2.27. The zero-order valence-electron chi connectivity index (χ0n) is 13.0. The number of anilines is 1. The summed E-state index contributed by atoms with van der Waals surface area (Å²) < 4.78 is 4.84. The van der Waals surface area contributed by atoms with Crippen molar-refractivity contribution in [1.82, 2.24) is 0 Å². The predicted octanol–water partition coefficient (Wildman–Crippen LogP) is 2.91. The van der Waals surface area contributed by atoms with Gasteiger partial charge >= 0.3 is 5.97 Å². The van der Waals surface area contributed by atoms with Crippen LogP contribution in [0.2, 0.25) is 0 Å². The fourth-order valence-corrected chi connectivity index (χ4v) is 2.77. The maximum absolute atomic E-state index is 11.9. The van der Waals surface area contributed by atoms with Gasteiger partial charge in [-0.25, -0.2) is 4.79 Å². The molecular weight excluding hydrogens is 266 g/mol. The Morgan fingerprint density at radius 2 is 2.05 bits per heavy atom. The summed E-state index contributed by atoms with van der Waals surface area (Å²) in [5.74, 6) is 0.488. The lowest BCUT2D eigenvalue weighted by Crippen LogP contribution is -2.23. The van der Waals surface area contributed by atoms with Gasteiger partial charge in [0.25, 0.3) is 0 Å². The second kappa shape index (κ2) is 6.74. The third-order valence-electron chi connectivity index (χ3n) is 4.07. The first-order chi connectivity index (χ1) is 10.0. The van der Waals surface area contributed by atoms with Gasteiger partial charge in [0, 0.05) is 25.4 Å². The quantitative estimate of drug-likeness (QED) is 0.782. The molecule has 1 aromatic rings. The maximum atomic E-state index is 11.9. The Morgan fingerprint density at radius 3 is 2.71 bits per heavy atom. The SMILES string of the molecule is COC(=O)c1ccccc1N1CCC(CC(=O)C(C)C)C1. The van der Waals surface area contributed by atoms with Crippen LogP contribution in [-0.2, 0) is 9.53 Å². The number of carbonyl (C=O) groups is 2. The minimum absolute atomic E-state index is 0.0985. The van der Waals surface area contributed by atoms with Crippen LogP contribution < -0.4 is 4.90 Å². The smallest absolute Gasteiger partial charge is 0.339 e. The number of hydrogen-bond donors (Lipinski definition) is 0. The van der Waals surface area contributed by atoms with Gasteiger partial charge in [0.15, 0.2) is 0 Å². The largest absolute Gasteiger partial charge is 0.465 e. The molecule has 0 bridgehead atoms. The zero-order valence-corrected chi connectivity index (χ0v) is 13.0. The van der Waals surface area contributed by atoms with Gasteiger partial charge in [-0.05, 0) is 24.5 Å². The molecule has 4 nitrogen and oxygen atoms in total. The van der Waals surface area contributed by atoms with Gasteiger partial charge in [-0.1, -0.05) is 26.0 Å². The standard InChI is InChI=1S/C17H23NO3/c1-12(2)16(19)10-13-8-9-18(11-13)15-7-5-4-6-14(15)17(20)21-3/h4-7,12-13H,8-11H2,1-3H3. The van der Waals surface area contributed by atoms with E-state index in [0.717, 1.165) is 25.2 Å². The van der Waals surface area contributed by atoms with Crippen molar-refractivity contribution in [3.8, 4) is 0 Å². The van der Waals surface area contributed by atoms with Gasteiger partial charge in [-0.2, -0.15) is 0 Å². The molecule has 1 saturated heterocycles. The molecule has 1 atom stereocenters. The van der Waals surface area contributed by atoms with Crippen LogP contribution in [0.25, 0.3) is 0 Å². The lowest BCUT2D eigenvalue weighted by Gasteiger charge is -2.21. The summed E-state index contributed by atoms with van der Waals surface area (Å²) in [6.07, 6.45) is 1.63. The van der Waals surface area contributed by atoms with Gasteiger partial charge in [-0.3, -0.25) is 4.79 Å². The maximum Gasteiger partial charge on any atom is 0.339 e. The molecule has 1 unspecified atom stereocenters. The molecule has 4 heteroatoms. The number of carbonyl (C=O) groups excluding carboxylic acids is 2. The zero-order chi connectivity index (χ0) is 15.4. The van der Waals surface area contributed by atoms with Crippen molar-refractivity contribution in [2.75, 3.05) is 25.1 Å². The number of esters is 1. The third-order valence-corrected chi connectivity index (χ3v) is 4.07. The van der Waals surface area contributed by atoms with E-state index in [-0.39, 0.29) is 11.9 Å². The highest BCUT2D eigenvalue weighted by Crippen LogP contribution is 2.29. The molecule has 21 heavy (non-hydrogen) atoms. The van der Waals surface area contributed by atoms with Gasteiger partial charge in [0.2, 0.25) is 0 Å². The molecule has 114 valence electrons. The van der Waals surface area contributed by atoms with Crippen LogP contribution in [0, 0.1) is 11.8 Å². The number of para-hydroxylation sites is 1. The van der Waals surface area contributed by atoms with Crippen molar-refractivity contribution in [2.24, 2.45) is 11.8 Å². The van der Waals surface area contributed by atoms with E-state index in [1.807, 2.05) is 32.0 Å². The van der Waals surface area contributed by atoms with E-state index < -0.39 is 0 Å². The Bertz CT molecular complexity index is 525. The van der Waals surface area contributed by atoms with Crippen molar-refractivity contribution in [3.05, 3.63) is 29.8 Å². The first-order valence-electron chi connectivity index (χ1n) is 7.48. The van der Waals surface area contributed by atoms with E-state index in [4.69, 9.17) is 4.74 Å². The van der Waals surface area contributed by atoms with Gasteiger partial charge in [-0.15, -0.1) is 0 Å². The predicted molar refractivity (Wildman–Crippen MR) is 82.6 cm³/mol. The first-order valence-corrected chi connectivity index (χ1v) is 7.48. The highest BCUT2D eigenvalue weighted by molar-refractivity contribution is 5.95. The van der Waals surface area contributed by atoms with Crippen LogP contribution in [0.1, 0.15) is 37.0 Å². The van der Waals surface area contributed by atoms with E-state index in [1.54, 1.807) is 6.07 Å². The van der Waals surface area contributed by atoms with E-state index in [9.17, 15) is 9.59 Å². The molecule has 2 rings (SSSR count). The van der Waals surface area contributed by atoms with Gasteiger partial charge < -0.3 is 9.64 Å². The normalized spacial score (nSPS) is 18.1. The lowest BCUT2D eigenvalue weighted by atomic mass is 9.96. The fraction of sp³-hybridized carbons (Fsp3) is 0.529. The van der Waals surface area contributed by atoms with Crippen molar-refractivity contribution < 1.29 is 14.3 Å². The molecule has 1 aliphatic heterocycles. The Hall–Kier alpha value is -1.84. The first kappa shape index (κ1) is 15.5. The van der Waals surface area contributed by atoms with Crippen LogP contribution in [0.3, 0.4) is 0 Å². The summed E-state index contributed by atoms with van der Waals surface area (Å²) in [7, 11) is 1.40. The summed E-state index contributed by atoms with van der Waals surface area (Å²) in [6, 6.07) is 7.49. The van der Waals surface area contributed by atoms with Gasteiger partial charge in [0.05, 0.1) is 18.4 Å². The molecular formula is C17H23NO3. The number of nitrogens with zero attached hydrogens (tertiary/aromatic N) is 1. The number of hydrogen-bond acceptors (Lipinski definition) is 4. The number of ketones is 1. The van der Waals surface area contributed by atoms with Crippen molar-refractivity contribution in [3.63, 3.8) is 0 Å². The van der Waals surface area contributed by atoms with Crippen LogP contribution in [0.5, 0.6) is 0 Å². The third kappa shape index (κ3) is 3.63. The number of Topliss-reactive ketones (excluding diaryl/α,β-unsaturated/α-hetero) is 1. The molecule has 0 amide bonds. The average Bonchev–Trinajstić information content (AvgIpc) is 2.94. The summed E-state index contributed by atoms with van der Waals surface area (Å²) in [5, 5.41) is 0. The second-order valence-electron chi connectivity index (χ2n) is 5.93. The molecule has 0 N–H and O–H groups in total. The Balaban J connectivity index is 2.08. The molecule has 0 spiro atoms. The van der Waals surface area contributed by atoms with Crippen LogP contribution >= 0.6 is 0 Å². The lowest BCUT2D eigenvalue weighted by molar-refractivity contribution is -0.122. The Labute approximate surface area is 126 Å². The minimum atomic E-state index is -0.313. The molecule has 1 fully saturated rings. The number of benzene rings is 1. The Kier molecular flexibility index (Phi) is 4.99. The number of rotatable bonds is 5. The average molecular weight is 289 g/mol. The second-order valence-corrected chi connectivity index (χ2v) is 5.93. The monoisotopic (exact) mass is 289 g/mol. The topological polar surface area (TPSA) is 46.6 Å². The number of methoxy groups -OCH3 is 1. The van der Waals surface area contributed by atoms with Crippen LogP contribution in [0.4, 0.5) is 5.69 Å². The molecule has 1 aliphatic rings. The summed E-state index contributed by atoms with van der Waals surface area (Å²) >= 11 is 0. The molecule has 0 radical (unpaired) electrons. The Morgan fingerprint density at radius 1 is 1.33 bits per heavy atom. The van der Waals surface area contributed by atoms with Gasteiger partial charge in [0.1, 0.15) is 5.78 Å². The van der Waals surface area contributed by atoms with Crippen LogP contribution in [-0.4, -0.2) is 32.0 Å². The van der Waals surface area contributed by atoms with Crippen LogP contribution in [0.15, 0.2) is 24.3 Å². The van der Waals surface area contributed by atoms with E-state index in [0.29, 0.717) is 23.7 Å². The van der Waals surface area contributed by atoms with E-state index >= 15 is 0 Å². The molecule has 0 saturated carbocycles. The molecule has 0 aliphatic carbocycles. The molecule has 1 aromatic carbocycles. The van der Waals surface area contributed by atoms with Crippen molar-refractivity contribution >= 4 is 17.4 Å². The van der Waals surface area contributed by atoms with E-state index in [2.05, 4.69) is 4.90 Å². The summed E-state index contributed by atoms with van der Waals surface area (Å²) in [4.78, 5) is 25.9.